The van der Waals surface area contributed by atoms with Crippen molar-refractivity contribution in [2.45, 2.75) is 37.2 Å². The van der Waals surface area contributed by atoms with E-state index in [1.54, 1.807) is 26.0 Å². The van der Waals surface area contributed by atoms with Gasteiger partial charge in [-0.1, -0.05) is 72.4 Å². The molecular weight excluding hydrogens is 522 g/mol. The lowest BCUT2D eigenvalue weighted by Crippen LogP contribution is -2.41. The van der Waals surface area contributed by atoms with Crippen LogP contribution < -0.4 is 5.32 Å². The summed E-state index contributed by atoms with van der Waals surface area (Å²) in [5, 5.41) is 24.0. The Balaban J connectivity index is 1.77. The molecule has 0 saturated heterocycles. The third-order valence-corrected chi connectivity index (χ3v) is 7.70. The van der Waals surface area contributed by atoms with E-state index in [9.17, 15) is 14.9 Å². The highest BCUT2D eigenvalue weighted by molar-refractivity contribution is 7.98. The van der Waals surface area contributed by atoms with Gasteiger partial charge in [-0.25, -0.2) is 0 Å². The lowest BCUT2D eigenvalue weighted by molar-refractivity contribution is -0.384. The first-order chi connectivity index (χ1) is 18.3. The number of thioether (sulfide) groups is 1. The number of hydrogen-bond acceptors (Lipinski definition) is 6. The van der Waals surface area contributed by atoms with Crippen LogP contribution in [-0.2, 0) is 17.0 Å². The molecule has 1 unspecified atom stereocenters. The third kappa shape index (κ3) is 6.59. The van der Waals surface area contributed by atoms with Crippen LogP contribution in [0.15, 0.2) is 90.1 Å². The van der Waals surface area contributed by atoms with Gasteiger partial charge >= 0.3 is 0 Å². The number of non-ortho nitro benzene ring substituents is 1. The maximum atomic E-state index is 13.2. The van der Waals surface area contributed by atoms with Crippen molar-refractivity contribution in [1.82, 2.24) is 20.1 Å². The fourth-order valence-electron chi connectivity index (χ4n) is 3.76. The number of carbonyl (C=O) groups is 1. The number of amides is 1. The molecule has 1 heterocycles. The van der Waals surface area contributed by atoms with Gasteiger partial charge in [0.2, 0.25) is 5.91 Å². The summed E-state index contributed by atoms with van der Waals surface area (Å²) in [7, 11) is 0. The van der Waals surface area contributed by atoms with Gasteiger partial charge in [-0.15, -0.1) is 21.8 Å². The van der Waals surface area contributed by atoms with Crippen LogP contribution in [0.5, 0.6) is 0 Å². The Hall–Kier alpha value is -3.69. The Labute approximate surface area is 230 Å². The van der Waals surface area contributed by atoms with E-state index in [2.05, 4.69) is 15.5 Å². The van der Waals surface area contributed by atoms with E-state index in [1.165, 1.54) is 23.9 Å². The van der Waals surface area contributed by atoms with Gasteiger partial charge in [-0.05, 0) is 43.5 Å². The van der Waals surface area contributed by atoms with Gasteiger partial charge in [-0.3, -0.25) is 19.5 Å². The maximum Gasteiger partial charge on any atom is 0.269 e. The van der Waals surface area contributed by atoms with Crippen LogP contribution >= 0.6 is 23.4 Å². The van der Waals surface area contributed by atoms with Crippen LogP contribution in [0.4, 0.5) is 5.69 Å². The molecular formula is C28H28ClN5O3S. The number of nitro benzene ring substituents is 1. The molecule has 0 fully saturated rings. The largest absolute Gasteiger partial charge is 0.345 e. The predicted molar refractivity (Wildman–Crippen MR) is 150 cm³/mol. The fourth-order valence-corrected chi connectivity index (χ4v) is 4.80. The van der Waals surface area contributed by atoms with Crippen molar-refractivity contribution in [2.75, 3.05) is 5.88 Å². The average molecular weight is 550 g/mol. The molecule has 4 rings (SSSR count). The number of carbonyl (C=O) groups excluding carboxylic acids is 1. The van der Waals surface area contributed by atoms with Gasteiger partial charge in [0.1, 0.15) is 0 Å². The Morgan fingerprint density at radius 1 is 1.00 bits per heavy atom. The van der Waals surface area contributed by atoms with Crippen molar-refractivity contribution >= 4 is 35.0 Å². The summed E-state index contributed by atoms with van der Waals surface area (Å²) in [5.74, 6) is 1.13. The quantitative estimate of drug-likeness (QED) is 0.104. The molecule has 0 spiro atoms. The molecule has 0 aliphatic heterocycles. The average Bonchev–Trinajstić information content (AvgIpc) is 3.36. The first-order valence-corrected chi connectivity index (χ1v) is 13.6. The summed E-state index contributed by atoms with van der Waals surface area (Å²) < 4.78 is 1.86. The molecule has 3 aromatic carbocycles. The number of nitrogens with zero attached hydrogens (tertiary/aromatic N) is 4. The molecule has 0 radical (unpaired) electrons. The number of nitro groups is 1. The molecule has 8 nitrogen and oxygen atoms in total. The maximum absolute atomic E-state index is 13.2. The lowest BCUT2D eigenvalue weighted by Gasteiger charge is -2.26. The molecule has 196 valence electrons. The zero-order valence-corrected chi connectivity index (χ0v) is 22.7. The van der Waals surface area contributed by atoms with E-state index in [0.717, 1.165) is 11.1 Å². The molecule has 1 aromatic heterocycles. The number of nitrogens with one attached hydrogen (secondary N) is 1. The van der Waals surface area contributed by atoms with Gasteiger partial charge in [0.25, 0.3) is 5.69 Å². The van der Waals surface area contributed by atoms with Crippen LogP contribution in [0.2, 0.25) is 0 Å². The van der Waals surface area contributed by atoms with E-state index in [-0.39, 0.29) is 17.5 Å². The summed E-state index contributed by atoms with van der Waals surface area (Å²) in [4.78, 5) is 24.0. The molecule has 1 atom stereocenters. The minimum Gasteiger partial charge on any atom is -0.345 e. The van der Waals surface area contributed by atoms with Crippen molar-refractivity contribution in [3.8, 4) is 5.69 Å². The molecule has 0 bridgehead atoms. The second kappa shape index (κ2) is 12.2. The number of hydrogen-bond donors (Lipinski definition) is 1. The zero-order chi connectivity index (χ0) is 27.1. The van der Waals surface area contributed by atoms with E-state index in [1.807, 2.05) is 65.2 Å². The SMILES string of the molecule is CC(C)(CCl)C(=O)NC(Cc1ccccc1)c1nnc(SCc2ccccc2)n1-c1ccc([N+](=O)[O-])cc1. The van der Waals surface area contributed by atoms with Crippen molar-refractivity contribution in [3.63, 3.8) is 0 Å². The molecule has 1 amide bonds. The van der Waals surface area contributed by atoms with Crippen molar-refractivity contribution < 1.29 is 9.72 Å². The first kappa shape index (κ1) is 27.3. The fraction of sp³-hybridized carbons (Fsp3) is 0.250. The number of aromatic nitrogens is 3. The van der Waals surface area contributed by atoms with Gasteiger partial charge in [0, 0.05) is 29.5 Å². The highest BCUT2D eigenvalue weighted by Crippen LogP contribution is 2.30. The van der Waals surface area contributed by atoms with E-state index < -0.39 is 16.4 Å². The van der Waals surface area contributed by atoms with E-state index in [0.29, 0.717) is 28.8 Å². The van der Waals surface area contributed by atoms with E-state index >= 15 is 0 Å². The number of halogens is 1. The Kier molecular flexibility index (Phi) is 8.81. The summed E-state index contributed by atoms with van der Waals surface area (Å²) in [6, 6.07) is 25.5. The minimum absolute atomic E-state index is 0.0140. The van der Waals surface area contributed by atoms with Crippen LogP contribution in [0.3, 0.4) is 0 Å². The third-order valence-electron chi connectivity index (χ3n) is 6.04. The van der Waals surface area contributed by atoms with Crippen LogP contribution in [0.1, 0.15) is 36.8 Å². The monoisotopic (exact) mass is 549 g/mol. The highest BCUT2D eigenvalue weighted by Gasteiger charge is 2.31. The second-order valence-electron chi connectivity index (χ2n) is 9.46. The Morgan fingerprint density at radius 3 is 2.18 bits per heavy atom. The summed E-state index contributed by atoms with van der Waals surface area (Å²) in [6.45, 7) is 3.58. The molecule has 0 aliphatic carbocycles. The summed E-state index contributed by atoms with van der Waals surface area (Å²) >= 11 is 7.60. The van der Waals surface area contributed by atoms with Gasteiger partial charge in [-0.2, -0.15) is 0 Å². The van der Waals surface area contributed by atoms with Crippen molar-refractivity contribution in [2.24, 2.45) is 5.41 Å². The normalized spacial score (nSPS) is 12.2. The van der Waals surface area contributed by atoms with Gasteiger partial charge in [0.15, 0.2) is 11.0 Å². The second-order valence-corrected chi connectivity index (χ2v) is 10.7. The molecule has 0 saturated carbocycles. The highest BCUT2D eigenvalue weighted by atomic mass is 35.5. The molecule has 1 N–H and O–H groups in total. The Bertz CT molecular complexity index is 1380. The summed E-state index contributed by atoms with van der Waals surface area (Å²) in [5.41, 5.74) is 1.99. The smallest absolute Gasteiger partial charge is 0.269 e. The molecule has 38 heavy (non-hydrogen) atoms. The molecule has 0 aliphatic rings. The molecule has 4 aromatic rings. The van der Waals surface area contributed by atoms with Gasteiger partial charge in [0.05, 0.1) is 16.4 Å². The van der Waals surface area contributed by atoms with Crippen LogP contribution in [0, 0.1) is 15.5 Å². The minimum atomic E-state index is -0.792. The van der Waals surface area contributed by atoms with E-state index in [4.69, 9.17) is 11.6 Å². The summed E-state index contributed by atoms with van der Waals surface area (Å²) in [6.07, 6.45) is 0.472. The lowest BCUT2D eigenvalue weighted by atomic mass is 9.94. The zero-order valence-electron chi connectivity index (χ0n) is 21.1. The number of rotatable bonds is 11. The van der Waals surface area contributed by atoms with Crippen LogP contribution in [-0.4, -0.2) is 31.5 Å². The topological polar surface area (TPSA) is 103 Å². The standard InChI is InChI=1S/C28H28ClN5O3S/c1-28(2,19-29)26(35)30-24(17-20-9-5-3-6-10-20)25-31-32-27(38-18-21-11-7-4-8-12-21)33(25)22-13-15-23(16-14-22)34(36)37/h3-16,24H,17-19H2,1-2H3,(H,30,35). The van der Waals surface area contributed by atoms with Crippen LogP contribution in [0.25, 0.3) is 5.69 Å². The van der Waals surface area contributed by atoms with Crippen molar-refractivity contribution in [1.29, 1.82) is 0 Å². The number of benzene rings is 3. The molecule has 10 heteroatoms. The van der Waals surface area contributed by atoms with Gasteiger partial charge < -0.3 is 5.32 Å². The number of alkyl halides is 1. The first-order valence-electron chi connectivity index (χ1n) is 12.1. The van der Waals surface area contributed by atoms with Crippen molar-refractivity contribution in [3.05, 3.63) is 112 Å². The predicted octanol–water partition coefficient (Wildman–Crippen LogP) is 6.13. The Morgan fingerprint density at radius 2 is 1.61 bits per heavy atom.